The van der Waals surface area contributed by atoms with Gasteiger partial charge in [0.25, 0.3) is 15.9 Å². The lowest BCUT2D eigenvalue weighted by atomic mass is 10.1. The summed E-state index contributed by atoms with van der Waals surface area (Å²) < 4.78 is 34.3. The number of para-hydroxylation sites is 3. The van der Waals surface area contributed by atoms with Gasteiger partial charge in [0.2, 0.25) is 5.91 Å². The van der Waals surface area contributed by atoms with Crippen molar-refractivity contribution in [3.05, 3.63) is 84.4 Å². The van der Waals surface area contributed by atoms with E-state index in [0.29, 0.717) is 24.6 Å². The van der Waals surface area contributed by atoms with E-state index in [1.54, 1.807) is 41.3 Å². The van der Waals surface area contributed by atoms with E-state index in [1.807, 2.05) is 18.2 Å². The first-order chi connectivity index (χ1) is 17.3. The second kappa shape index (κ2) is 12.6. The minimum absolute atomic E-state index is 0. The zero-order chi connectivity index (χ0) is 25.5. The van der Waals surface area contributed by atoms with Crippen molar-refractivity contribution in [2.24, 2.45) is 5.73 Å². The second-order valence-corrected chi connectivity index (χ2v) is 10.1. The Labute approximate surface area is 222 Å². The summed E-state index contributed by atoms with van der Waals surface area (Å²) >= 11 is 0. The normalized spacial score (nSPS) is 13.8. The zero-order valence-corrected chi connectivity index (χ0v) is 21.6. The van der Waals surface area contributed by atoms with Gasteiger partial charge in [0.1, 0.15) is 5.75 Å². The van der Waals surface area contributed by atoms with Crippen molar-refractivity contribution < 1.29 is 22.7 Å². The third kappa shape index (κ3) is 7.45. The summed E-state index contributed by atoms with van der Waals surface area (Å²) in [6.45, 7) is 1.03. The molecule has 1 aliphatic heterocycles. The highest BCUT2D eigenvalue weighted by molar-refractivity contribution is 7.92. The van der Waals surface area contributed by atoms with Gasteiger partial charge >= 0.3 is 0 Å². The van der Waals surface area contributed by atoms with E-state index in [2.05, 4.69) is 10.0 Å². The van der Waals surface area contributed by atoms with Crippen LogP contribution in [0.2, 0.25) is 0 Å². The summed E-state index contributed by atoms with van der Waals surface area (Å²) in [5.74, 6) is 0.288. The Balaban J connectivity index is 0.00000380. The fraction of sp³-hybridized carbons (Fsp3) is 0.231. The molecule has 2 amide bonds. The van der Waals surface area contributed by atoms with E-state index in [-0.39, 0.29) is 47.0 Å². The Kier molecular flexibility index (Phi) is 9.51. The number of sulfonamides is 1. The Bertz CT molecular complexity index is 1310. The van der Waals surface area contributed by atoms with Crippen molar-refractivity contribution in [3.8, 4) is 11.5 Å². The van der Waals surface area contributed by atoms with Crippen LogP contribution in [0.15, 0.2) is 83.8 Å². The van der Waals surface area contributed by atoms with E-state index in [0.717, 1.165) is 12.8 Å². The molecule has 1 saturated heterocycles. The minimum atomic E-state index is -3.95. The minimum Gasteiger partial charge on any atom is -0.455 e. The first-order valence-corrected chi connectivity index (χ1v) is 13.1. The smallest absolute Gasteiger partial charge is 0.262 e. The molecule has 0 atom stereocenters. The van der Waals surface area contributed by atoms with Gasteiger partial charge in [-0.25, -0.2) is 8.42 Å². The number of carbonyl (C=O) groups is 2. The summed E-state index contributed by atoms with van der Waals surface area (Å²) in [6, 6.07) is 21.3. The van der Waals surface area contributed by atoms with Crippen LogP contribution in [-0.4, -0.2) is 50.8 Å². The summed E-state index contributed by atoms with van der Waals surface area (Å²) in [5.41, 5.74) is 6.38. The average Bonchev–Trinajstić information content (AvgIpc) is 2.89. The van der Waals surface area contributed by atoms with E-state index >= 15 is 0 Å². The van der Waals surface area contributed by atoms with Gasteiger partial charge in [-0.05, 0) is 61.4 Å². The number of hydrogen-bond acceptors (Lipinski definition) is 6. The van der Waals surface area contributed by atoms with Crippen LogP contribution in [0.3, 0.4) is 0 Å². The molecule has 9 nitrogen and oxygen atoms in total. The van der Waals surface area contributed by atoms with Crippen molar-refractivity contribution >= 4 is 39.9 Å². The first-order valence-electron chi connectivity index (χ1n) is 11.6. The number of nitrogens with one attached hydrogen (secondary N) is 2. The highest BCUT2D eigenvalue weighted by Crippen LogP contribution is 2.30. The van der Waals surface area contributed by atoms with Crippen molar-refractivity contribution in [3.63, 3.8) is 0 Å². The number of hydrogen-bond donors (Lipinski definition) is 3. The Morgan fingerprint density at radius 2 is 1.54 bits per heavy atom. The zero-order valence-electron chi connectivity index (χ0n) is 20.0. The largest absolute Gasteiger partial charge is 0.455 e. The maximum absolute atomic E-state index is 13.0. The van der Waals surface area contributed by atoms with Crippen LogP contribution in [0.25, 0.3) is 0 Å². The third-order valence-corrected chi connectivity index (χ3v) is 7.20. The molecule has 1 aliphatic rings. The number of amides is 2. The molecule has 11 heteroatoms. The molecular weight excluding hydrogens is 516 g/mol. The Hall–Kier alpha value is -3.60. The van der Waals surface area contributed by atoms with E-state index in [1.165, 1.54) is 24.3 Å². The van der Waals surface area contributed by atoms with Gasteiger partial charge in [-0.1, -0.05) is 30.3 Å². The summed E-state index contributed by atoms with van der Waals surface area (Å²) in [7, 11) is -3.95. The number of halogens is 1. The van der Waals surface area contributed by atoms with Gasteiger partial charge in [-0.15, -0.1) is 12.4 Å². The number of anilines is 1. The molecule has 0 bridgehead atoms. The highest BCUT2D eigenvalue weighted by Gasteiger charge is 2.21. The predicted molar refractivity (Wildman–Crippen MR) is 144 cm³/mol. The lowest BCUT2D eigenvalue weighted by Gasteiger charge is -2.30. The van der Waals surface area contributed by atoms with Crippen LogP contribution in [-0.2, 0) is 14.8 Å². The van der Waals surface area contributed by atoms with E-state index in [9.17, 15) is 18.0 Å². The van der Waals surface area contributed by atoms with Gasteiger partial charge in [-0.2, -0.15) is 0 Å². The molecule has 3 aromatic carbocycles. The molecule has 0 aliphatic carbocycles. The Morgan fingerprint density at radius 3 is 2.22 bits per heavy atom. The lowest BCUT2D eigenvalue weighted by Crippen LogP contribution is -2.46. The topological polar surface area (TPSA) is 131 Å². The molecule has 0 saturated carbocycles. The van der Waals surface area contributed by atoms with Gasteiger partial charge in [0, 0.05) is 24.7 Å². The van der Waals surface area contributed by atoms with Crippen molar-refractivity contribution in [2.75, 3.05) is 24.4 Å². The molecule has 37 heavy (non-hydrogen) atoms. The third-order valence-electron chi connectivity index (χ3n) is 5.82. The molecule has 3 aromatic rings. The number of piperidine rings is 1. The summed E-state index contributed by atoms with van der Waals surface area (Å²) in [4.78, 5) is 26.5. The standard InChI is InChI=1S/C26H28N4O5S.ClH/c27-20-14-16-30(17-15-20)25(31)18-28-26(32)19-10-12-22(13-11-19)36(33,34)29-23-8-4-5-9-24(23)35-21-6-2-1-3-7-21;/h1-13,20,29H,14-18,27H2,(H,28,32);1H. The van der Waals surface area contributed by atoms with Gasteiger partial charge < -0.3 is 20.7 Å². The van der Waals surface area contributed by atoms with Crippen LogP contribution in [0.1, 0.15) is 23.2 Å². The molecule has 4 rings (SSSR count). The maximum atomic E-state index is 13.0. The van der Waals surface area contributed by atoms with Gasteiger partial charge in [0.15, 0.2) is 5.75 Å². The van der Waals surface area contributed by atoms with Crippen molar-refractivity contribution in [1.29, 1.82) is 0 Å². The molecule has 4 N–H and O–H groups in total. The number of nitrogens with zero attached hydrogens (tertiary/aromatic N) is 1. The number of rotatable bonds is 8. The van der Waals surface area contributed by atoms with Crippen molar-refractivity contribution in [1.82, 2.24) is 10.2 Å². The SMILES string of the molecule is Cl.NC1CCN(C(=O)CNC(=O)c2ccc(S(=O)(=O)Nc3ccccc3Oc3ccccc3)cc2)CC1. The molecule has 1 heterocycles. The molecule has 1 fully saturated rings. The number of nitrogens with two attached hydrogens (primary N) is 1. The van der Waals surface area contributed by atoms with Crippen LogP contribution in [0, 0.1) is 0 Å². The Morgan fingerprint density at radius 1 is 0.919 bits per heavy atom. The second-order valence-electron chi connectivity index (χ2n) is 8.44. The maximum Gasteiger partial charge on any atom is 0.262 e. The molecule has 0 radical (unpaired) electrons. The van der Waals surface area contributed by atoms with Crippen molar-refractivity contribution in [2.45, 2.75) is 23.8 Å². The number of ether oxygens (including phenoxy) is 1. The fourth-order valence-corrected chi connectivity index (χ4v) is 4.83. The van der Waals surface area contributed by atoms with Crippen LogP contribution >= 0.6 is 12.4 Å². The number of carbonyl (C=O) groups excluding carboxylic acids is 2. The lowest BCUT2D eigenvalue weighted by molar-refractivity contribution is -0.131. The van der Waals surface area contributed by atoms with Gasteiger partial charge in [-0.3, -0.25) is 14.3 Å². The average molecular weight is 545 g/mol. The number of benzene rings is 3. The molecule has 0 unspecified atom stereocenters. The monoisotopic (exact) mass is 544 g/mol. The molecule has 0 spiro atoms. The molecule has 0 aromatic heterocycles. The summed E-state index contributed by atoms with van der Waals surface area (Å²) in [5, 5.41) is 2.59. The van der Waals surface area contributed by atoms with Crippen LogP contribution in [0.4, 0.5) is 5.69 Å². The van der Waals surface area contributed by atoms with E-state index in [4.69, 9.17) is 10.5 Å². The van der Waals surface area contributed by atoms with Crippen LogP contribution < -0.4 is 20.5 Å². The fourth-order valence-electron chi connectivity index (χ4n) is 3.76. The van der Waals surface area contributed by atoms with Crippen LogP contribution in [0.5, 0.6) is 11.5 Å². The van der Waals surface area contributed by atoms with Gasteiger partial charge in [0.05, 0.1) is 17.1 Å². The summed E-state index contributed by atoms with van der Waals surface area (Å²) in [6.07, 6.45) is 1.49. The number of likely N-dealkylation sites (tertiary alicyclic amines) is 1. The quantitative estimate of drug-likeness (QED) is 0.398. The predicted octanol–water partition coefficient (Wildman–Crippen LogP) is 3.38. The molecular formula is C26H29ClN4O5S. The highest BCUT2D eigenvalue weighted by atomic mass is 35.5. The molecule has 196 valence electrons. The van der Waals surface area contributed by atoms with E-state index < -0.39 is 15.9 Å². The first kappa shape index (κ1) is 28.0.